The lowest BCUT2D eigenvalue weighted by atomic mass is 10.1. The second-order valence-electron chi connectivity index (χ2n) is 4.56. The third-order valence-corrected chi connectivity index (χ3v) is 3.04. The maximum Gasteiger partial charge on any atom is 0.343 e. The highest BCUT2D eigenvalue weighted by molar-refractivity contribution is 6.01. The number of carbonyl (C=O) groups excluding carboxylic acids is 1. The number of ether oxygens (including phenoxy) is 1. The van der Waals surface area contributed by atoms with Crippen LogP contribution >= 0.6 is 0 Å². The van der Waals surface area contributed by atoms with Gasteiger partial charge in [-0.2, -0.15) is 0 Å². The first kappa shape index (κ1) is 16.7. The molecule has 0 aliphatic carbocycles. The summed E-state index contributed by atoms with van der Waals surface area (Å²) in [5.74, 6) is -5.70. The van der Waals surface area contributed by atoms with E-state index in [9.17, 15) is 19.2 Å². The molecule has 0 heterocycles. The third kappa shape index (κ3) is 3.38. The van der Waals surface area contributed by atoms with Crippen LogP contribution in [-0.4, -0.2) is 39.2 Å². The van der Waals surface area contributed by atoms with Crippen LogP contribution in [0.2, 0.25) is 0 Å². The molecule has 3 N–H and O–H groups in total. The van der Waals surface area contributed by atoms with Crippen LogP contribution in [-0.2, 0) is 0 Å². The fourth-order valence-electron chi connectivity index (χ4n) is 1.88. The van der Waals surface area contributed by atoms with Crippen molar-refractivity contribution in [1.82, 2.24) is 0 Å². The predicted octanol–water partition coefficient (Wildman–Crippen LogP) is 2.00. The third-order valence-electron chi connectivity index (χ3n) is 3.04. The van der Waals surface area contributed by atoms with E-state index >= 15 is 0 Å². The monoisotopic (exact) mass is 330 g/mol. The number of carbonyl (C=O) groups is 4. The first-order chi connectivity index (χ1) is 11.3. The van der Waals surface area contributed by atoms with E-state index in [0.717, 1.165) is 12.1 Å². The maximum absolute atomic E-state index is 12.1. The van der Waals surface area contributed by atoms with E-state index in [4.69, 9.17) is 20.1 Å². The molecule has 0 saturated heterocycles. The van der Waals surface area contributed by atoms with Crippen LogP contribution < -0.4 is 4.74 Å². The van der Waals surface area contributed by atoms with E-state index in [1.807, 2.05) is 0 Å². The van der Waals surface area contributed by atoms with Crippen molar-refractivity contribution in [2.45, 2.75) is 0 Å². The molecule has 0 radical (unpaired) electrons. The smallest absolute Gasteiger partial charge is 0.343 e. The van der Waals surface area contributed by atoms with Crippen LogP contribution in [0.5, 0.6) is 5.75 Å². The quantitative estimate of drug-likeness (QED) is 0.559. The first-order valence-electron chi connectivity index (χ1n) is 6.46. The van der Waals surface area contributed by atoms with Crippen LogP contribution in [0.3, 0.4) is 0 Å². The summed E-state index contributed by atoms with van der Waals surface area (Å²) in [6, 6.07) is 8.10. The lowest BCUT2D eigenvalue weighted by Crippen LogP contribution is -2.15. The van der Waals surface area contributed by atoms with Crippen molar-refractivity contribution in [3.8, 4) is 5.75 Å². The fraction of sp³-hybridized carbons (Fsp3) is 0. The maximum atomic E-state index is 12.1. The number of hydrogen-bond donors (Lipinski definition) is 3. The van der Waals surface area contributed by atoms with Crippen molar-refractivity contribution in [3.63, 3.8) is 0 Å². The Bertz CT molecular complexity index is 803. The molecule has 0 spiro atoms. The zero-order chi connectivity index (χ0) is 17.9. The molecule has 8 nitrogen and oxygen atoms in total. The van der Waals surface area contributed by atoms with Crippen molar-refractivity contribution in [2.24, 2.45) is 0 Å². The number of esters is 1. The van der Waals surface area contributed by atoms with E-state index in [-0.39, 0.29) is 11.1 Å². The molecular weight excluding hydrogens is 320 g/mol. The zero-order valence-electron chi connectivity index (χ0n) is 11.9. The molecule has 2 aromatic rings. The molecule has 0 unspecified atom stereocenters. The van der Waals surface area contributed by atoms with Crippen LogP contribution in [0.25, 0.3) is 0 Å². The predicted molar refractivity (Wildman–Crippen MR) is 78.7 cm³/mol. The van der Waals surface area contributed by atoms with Gasteiger partial charge in [0.2, 0.25) is 0 Å². The standard InChI is InChI=1S/C16H10O8/c17-13(18)8-4-6-9(7-5-8)16(23)24-12-10(14(19)20)2-1-3-11(12)15(21)22/h1-7H,(H,17,18)(H,19,20)(H,21,22). The van der Waals surface area contributed by atoms with Gasteiger partial charge in [0, 0.05) is 0 Å². The average molecular weight is 330 g/mol. The molecule has 0 aliphatic rings. The largest absolute Gasteiger partial charge is 0.478 e. The summed E-state index contributed by atoms with van der Waals surface area (Å²) in [7, 11) is 0. The second kappa shape index (κ2) is 6.61. The molecule has 24 heavy (non-hydrogen) atoms. The summed E-state index contributed by atoms with van der Waals surface area (Å²) in [5.41, 5.74) is -1.07. The molecular formula is C16H10O8. The Morgan fingerprint density at radius 3 is 1.54 bits per heavy atom. The van der Waals surface area contributed by atoms with Crippen molar-refractivity contribution in [3.05, 3.63) is 64.7 Å². The lowest BCUT2D eigenvalue weighted by molar-refractivity contribution is 0.0659. The molecule has 0 amide bonds. The van der Waals surface area contributed by atoms with Gasteiger partial charge >= 0.3 is 23.9 Å². The molecule has 0 aromatic heterocycles. The molecule has 0 saturated carbocycles. The van der Waals surface area contributed by atoms with Gasteiger partial charge in [0.15, 0.2) is 5.75 Å². The molecule has 2 rings (SSSR count). The minimum atomic E-state index is -1.46. The molecule has 0 aliphatic heterocycles. The SMILES string of the molecule is O=C(O)c1ccc(C(=O)Oc2c(C(=O)O)cccc2C(=O)O)cc1. The van der Waals surface area contributed by atoms with Gasteiger partial charge in [0.25, 0.3) is 0 Å². The van der Waals surface area contributed by atoms with Crippen molar-refractivity contribution < 1.29 is 39.2 Å². The van der Waals surface area contributed by atoms with Crippen LogP contribution in [0.4, 0.5) is 0 Å². The van der Waals surface area contributed by atoms with Gasteiger partial charge in [-0.3, -0.25) is 0 Å². The topological polar surface area (TPSA) is 138 Å². The van der Waals surface area contributed by atoms with Gasteiger partial charge in [-0.25, -0.2) is 19.2 Å². The number of hydrogen-bond acceptors (Lipinski definition) is 5. The summed E-state index contributed by atoms with van der Waals surface area (Å²) < 4.78 is 4.94. The number of carboxylic acids is 3. The number of rotatable bonds is 5. The van der Waals surface area contributed by atoms with E-state index in [0.29, 0.717) is 0 Å². The summed E-state index contributed by atoms with van der Waals surface area (Å²) in [6.07, 6.45) is 0. The van der Waals surface area contributed by atoms with Gasteiger partial charge in [0.1, 0.15) is 11.1 Å². The number of para-hydroxylation sites is 1. The van der Waals surface area contributed by atoms with E-state index in [1.54, 1.807) is 0 Å². The summed E-state index contributed by atoms with van der Waals surface area (Å²) in [6.45, 7) is 0. The Hall–Kier alpha value is -3.68. The first-order valence-corrected chi connectivity index (χ1v) is 6.46. The molecule has 8 heteroatoms. The normalized spacial score (nSPS) is 10.0. The zero-order valence-corrected chi connectivity index (χ0v) is 11.9. The van der Waals surface area contributed by atoms with E-state index in [1.165, 1.54) is 30.3 Å². The van der Waals surface area contributed by atoms with Gasteiger partial charge in [-0.15, -0.1) is 0 Å². The molecule has 2 aromatic carbocycles. The number of aromatic carboxylic acids is 3. The Kier molecular flexibility index (Phi) is 4.60. The minimum Gasteiger partial charge on any atom is -0.478 e. The number of benzene rings is 2. The van der Waals surface area contributed by atoms with Gasteiger partial charge in [-0.05, 0) is 36.4 Å². The number of carboxylic acid groups (broad SMARTS) is 3. The summed E-state index contributed by atoms with van der Waals surface area (Å²) in [4.78, 5) is 45.2. The molecule has 122 valence electrons. The Morgan fingerprint density at radius 1 is 0.667 bits per heavy atom. The van der Waals surface area contributed by atoms with Crippen molar-refractivity contribution in [2.75, 3.05) is 0 Å². The fourth-order valence-corrected chi connectivity index (χ4v) is 1.88. The van der Waals surface area contributed by atoms with Gasteiger partial charge in [-0.1, -0.05) is 6.07 Å². The van der Waals surface area contributed by atoms with Crippen LogP contribution in [0.1, 0.15) is 41.4 Å². The highest BCUT2D eigenvalue weighted by Crippen LogP contribution is 2.25. The average Bonchev–Trinajstić information content (AvgIpc) is 2.54. The second-order valence-corrected chi connectivity index (χ2v) is 4.56. The molecule has 0 fully saturated rings. The minimum absolute atomic E-state index is 0.0521. The van der Waals surface area contributed by atoms with Crippen molar-refractivity contribution in [1.29, 1.82) is 0 Å². The van der Waals surface area contributed by atoms with Crippen LogP contribution in [0, 0.1) is 0 Å². The van der Waals surface area contributed by atoms with E-state index in [2.05, 4.69) is 0 Å². The Morgan fingerprint density at radius 2 is 1.12 bits per heavy atom. The highest BCUT2D eigenvalue weighted by atomic mass is 16.5. The van der Waals surface area contributed by atoms with Gasteiger partial charge in [0.05, 0.1) is 11.1 Å². The summed E-state index contributed by atoms with van der Waals surface area (Å²) >= 11 is 0. The Balaban J connectivity index is 2.39. The Labute approximate surface area is 134 Å². The van der Waals surface area contributed by atoms with Crippen molar-refractivity contribution >= 4 is 23.9 Å². The molecule has 0 bridgehead atoms. The lowest BCUT2D eigenvalue weighted by Gasteiger charge is -2.10. The molecule has 0 atom stereocenters. The highest BCUT2D eigenvalue weighted by Gasteiger charge is 2.23. The van der Waals surface area contributed by atoms with E-state index < -0.39 is 40.8 Å². The van der Waals surface area contributed by atoms with Gasteiger partial charge < -0.3 is 20.1 Å². The summed E-state index contributed by atoms with van der Waals surface area (Å²) in [5, 5.41) is 27.0. The van der Waals surface area contributed by atoms with Crippen LogP contribution in [0.15, 0.2) is 42.5 Å².